The lowest BCUT2D eigenvalue weighted by atomic mass is 9.96. The Morgan fingerprint density at radius 2 is 2.43 bits per heavy atom. The molecule has 0 aliphatic carbocycles. The van der Waals surface area contributed by atoms with E-state index in [0.29, 0.717) is 12.1 Å². The van der Waals surface area contributed by atoms with Gasteiger partial charge in [-0.15, -0.1) is 11.3 Å². The van der Waals surface area contributed by atoms with Gasteiger partial charge in [0.05, 0.1) is 0 Å². The molecule has 1 N–H and O–H groups in total. The quantitative estimate of drug-likeness (QED) is 0.866. The zero-order chi connectivity index (χ0) is 10.1. The zero-order valence-corrected chi connectivity index (χ0v) is 11.0. The predicted octanol–water partition coefficient (Wildman–Crippen LogP) is 3.75. The summed E-state index contributed by atoms with van der Waals surface area (Å²) in [6.07, 6.45) is 2.51. The summed E-state index contributed by atoms with van der Waals surface area (Å²) in [6, 6.07) is 3.62. The molecule has 0 amide bonds. The molecule has 3 heteroatoms. The molecule has 1 fully saturated rings. The summed E-state index contributed by atoms with van der Waals surface area (Å²) in [5.74, 6) is 0.728. The van der Waals surface area contributed by atoms with Crippen LogP contribution in [0, 0.1) is 0 Å². The number of hydrogen-bond donors (Lipinski definition) is 1. The Labute approximate surface area is 98.0 Å². The minimum atomic E-state index is 0.672. The fraction of sp³-hybridized carbons (Fsp3) is 0.636. The molecule has 1 saturated heterocycles. The molecule has 1 aliphatic rings. The van der Waals surface area contributed by atoms with Crippen molar-refractivity contribution < 1.29 is 0 Å². The molecule has 14 heavy (non-hydrogen) atoms. The highest BCUT2D eigenvalue weighted by Crippen LogP contribution is 2.36. The first-order valence-electron chi connectivity index (χ1n) is 5.20. The molecule has 0 bridgehead atoms. The van der Waals surface area contributed by atoms with Crippen molar-refractivity contribution in [3.8, 4) is 0 Å². The molecule has 1 aromatic heterocycles. The van der Waals surface area contributed by atoms with Gasteiger partial charge >= 0.3 is 0 Å². The van der Waals surface area contributed by atoms with E-state index in [1.807, 2.05) is 11.3 Å². The lowest BCUT2D eigenvalue weighted by molar-refractivity contribution is 0.520. The second-order valence-electron chi connectivity index (χ2n) is 4.09. The number of halogens is 1. The molecular weight excluding hydrogens is 258 g/mol. The highest BCUT2D eigenvalue weighted by molar-refractivity contribution is 9.10. The average Bonchev–Trinajstić information content (AvgIpc) is 2.71. The van der Waals surface area contributed by atoms with Crippen LogP contribution in [-0.2, 0) is 0 Å². The van der Waals surface area contributed by atoms with Crippen molar-refractivity contribution in [2.45, 2.75) is 44.7 Å². The maximum Gasteiger partial charge on any atom is 0.0285 e. The average molecular weight is 274 g/mol. The maximum atomic E-state index is 3.65. The van der Waals surface area contributed by atoms with Gasteiger partial charge in [-0.1, -0.05) is 6.92 Å². The van der Waals surface area contributed by atoms with Crippen LogP contribution in [-0.4, -0.2) is 12.1 Å². The summed E-state index contributed by atoms with van der Waals surface area (Å²) >= 11 is 5.41. The van der Waals surface area contributed by atoms with Gasteiger partial charge in [-0.25, -0.2) is 0 Å². The van der Waals surface area contributed by atoms with Crippen LogP contribution in [0.25, 0.3) is 0 Å². The van der Waals surface area contributed by atoms with Crippen molar-refractivity contribution in [3.63, 3.8) is 0 Å². The third-order valence-corrected chi connectivity index (χ3v) is 4.81. The molecular formula is C11H16BrNS. The van der Waals surface area contributed by atoms with Crippen LogP contribution in [0.4, 0.5) is 0 Å². The van der Waals surface area contributed by atoms with Gasteiger partial charge in [-0.2, -0.15) is 0 Å². The smallest absolute Gasteiger partial charge is 0.0285 e. The number of nitrogens with one attached hydrogen (secondary N) is 1. The minimum Gasteiger partial charge on any atom is -0.311 e. The van der Waals surface area contributed by atoms with Crippen molar-refractivity contribution in [3.05, 3.63) is 20.8 Å². The minimum absolute atomic E-state index is 0.672. The van der Waals surface area contributed by atoms with E-state index in [1.54, 1.807) is 0 Å². The number of thiophene rings is 1. The van der Waals surface area contributed by atoms with Gasteiger partial charge in [0.1, 0.15) is 0 Å². The molecule has 0 spiro atoms. The first-order chi connectivity index (χ1) is 6.70. The van der Waals surface area contributed by atoms with Crippen molar-refractivity contribution in [1.29, 1.82) is 0 Å². The fourth-order valence-corrected chi connectivity index (χ4v) is 3.96. The van der Waals surface area contributed by atoms with E-state index in [0.717, 1.165) is 5.92 Å². The van der Waals surface area contributed by atoms with Crippen molar-refractivity contribution in [2.24, 2.45) is 0 Å². The van der Waals surface area contributed by atoms with Crippen LogP contribution in [0.15, 0.2) is 15.9 Å². The van der Waals surface area contributed by atoms with Gasteiger partial charge in [-0.05, 0) is 41.8 Å². The SMILES string of the molecule is CCC1NC(C)CC1c1cc(Br)cs1. The summed E-state index contributed by atoms with van der Waals surface area (Å²) in [7, 11) is 0. The predicted molar refractivity (Wildman–Crippen MR) is 66.1 cm³/mol. The van der Waals surface area contributed by atoms with Gasteiger partial charge < -0.3 is 5.32 Å². The maximum absolute atomic E-state index is 3.65. The Morgan fingerprint density at radius 3 is 3.00 bits per heavy atom. The monoisotopic (exact) mass is 273 g/mol. The van der Waals surface area contributed by atoms with Gasteiger partial charge in [-0.3, -0.25) is 0 Å². The Hall–Kier alpha value is 0.140. The van der Waals surface area contributed by atoms with Gasteiger partial charge in [0.2, 0.25) is 0 Å². The van der Waals surface area contributed by atoms with E-state index in [1.165, 1.54) is 22.2 Å². The third kappa shape index (κ3) is 2.05. The molecule has 0 aromatic carbocycles. The number of rotatable bonds is 2. The zero-order valence-electron chi connectivity index (χ0n) is 8.59. The Balaban J connectivity index is 2.17. The van der Waals surface area contributed by atoms with Crippen LogP contribution >= 0.6 is 27.3 Å². The Kier molecular flexibility index (Phi) is 3.30. The lowest BCUT2D eigenvalue weighted by Crippen LogP contribution is -2.28. The van der Waals surface area contributed by atoms with E-state index >= 15 is 0 Å². The summed E-state index contributed by atoms with van der Waals surface area (Å²) in [6.45, 7) is 4.55. The van der Waals surface area contributed by atoms with Gasteiger partial charge in [0, 0.05) is 32.7 Å². The van der Waals surface area contributed by atoms with Crippen LogP contribution in [0.3, 0.4) is 0 Å². The van der Waals surface area contributed by atoms with E-state index in [2.05, 4.69) is 46.5 Å². The molecule has 2 heterocycles. The van der Waals surface area contributed by atoms with Crippen molar-refractivity contribution in [1.82, 2.24) is 5.32 Å². The summed E-state index contributed by atoms with van der Waals surface area (Å²) in [4.78, 5) is 1.53. The first kappa shape index (κ1) is 10.7. The van der Waals surface area contributed by atoms with Crippen LogP contribution in [0.1, 0.15) is 37.5 Å². The topological polar surface area (TPSA) is 12.0 Å². The third-order valence-electron chi connectivity index (χ3n) is 2.98. The summed E-state index contributed by atoms with van der Waals surface area (Å²) < 4.78 is 1.23. The lowest BCUT2D eigenvalue weighted by Gasteiger charge is -2.15. The van der Waals surface area contributed by atoms with Crippen molar-refractivity contribution >= 4 is 27.3 Å². The van der Waals surface area contributed by atoms with E-state index in [9.17, 15) is 0 Å². The normalized spacial score (nSPS) is 32.4. The number of hydrogen-bond acceptors (Lipinski definition) is 2. The van der Waals surface area contributed by atoms with Crippen LogP contribution in [0.2, 0.25) is 0 Å². The molecule has 0 saturated carbocycles. The Bertz CT molecular complexity index is 310. The van der Waals surface area contributed by atoms with E-state index in [-0.39, 0.29) is 0 Å². The van der Waals surface area contributed by atoms with E-state index < -0.39 is 0 Å². The first-order valence-corrected chi connectivity index (χ1v) is 6.88. The fourth-order valence-electron chi connectivity index (χ4n) is 2.33. The highest BCUT2D eigenvalue weighted by atomic mass is 79.9. The molecule has 3 unspecified atom stereocenters. The van der Waals surface area contributed by atoms with E-state index in [4.69, 9.17) is 0 Å². The Morgan fingerprint density at radius 1 is 1.64 bits per heavy atom. The summed E-state index contributed by atoms with van der Waals surface area (Å²) in [5, 5.41) is 5.84. The molecule has 1 aliphatic heterocycles. The summed E-state index contributed by atoms with van der Waals surface area (Å²) in [5.41, 5.74) is 0. The molecule has 1 nitrogen and oxygen atoms in total. The molecule has 2 rings (SSSR count). The molecule has 3 atom stereocenters. The second kappa shape index (κ2) is 4.33. The largest absolute Gasteiger partial charge is 0.311 e. The standard InChI is InChI=1S/C11H16BrNS/c1-3-10-9(4-7(2)13-10)11-5-8(12)6-14-11/h5-7,9-10,13H,3-4H2,1-2H3. The van der Waals surface area contributed by atoms with Gasteiger partial charge in [0.25, 0.3) is 0 Å². The molecule has 1 aromatic rings. The van der Waals surface area contributed by atoms with Crippen LogP contribution in [0.5, 0.6) is 0 Å². The second-order valence-corrected chi connectivity index (χ2v) is 5.95. The van der Waals surface area contributed by atoms with Gasteiger partial charge in [0.15, 0.2) is 0 Å². The van der Waals surface area contributed by atoms with Crippen LogP contribution < -0.4 is 5.32 Å². The van der Waals surface area contributed by atoms with Crippen molar-refractivity contribution in [2.75, 3.05) is 0 Å². The molecule has 0 radical (unpaired) electrons. The molecule has 78 valence electrons. The highest BCUT2D eigenvalue weighted by Gasteiger charge is 2.31.